The number of para-hydroxylation sites is 1. The smallest absolute Gasteiger partial charge is 0.339 e. The second kappa shape index (κ2) is 3.46. The average Bonchev–Trinajstić information content (AvgIpc) is 2.53. The molecule has 1 atom stereocenters. The van der Waals surface area contributed by atoms with Gasteiger partial charge in [-0.3, -0.25) is 0 Å². The molecule has 0 fully saturated rings. The zero-order chi connectivity index (χ0) is 12.8. The van der Waals surface area contributed by atoms with Gasteiger partial charge in [0.1, 0.15) is 11.3 Å². The van der Waals surface area contributed by atoms with Crippen LogP contribution < -0.4 is 4.74 Å². The third-order valence-electron chi connectivity index (χ3n) is 2.94. The second-order valence-electron chi connectivity index (χ2n) is 4.28. The predicted octanol–water partition coefficient (Wildman–Crippen LogP) is 1.08. The van der Waals surface area contributed by atoms with E-state index in [1.54, 1.807) is 12.1 Å². The summed E-state index contributed by atoms with van der Waals surface area (Å²) in [5.41, 5.74) is 0.604. The highest BCUT2D eigenvalue weighted by Crippen LogP contribution is 2.40. The van der Waals surface area contributed by atoms with Gasteiger partial charge in [0.15, 0.2) is 9.84 Å². The fourth-order valence-electron chi connectivity index (χ4n) is 1.82. The van der Waals surface area contributed by atoms with E-state index in [1.807, 2.05) is 0 Å². The normalized spacial score (nSPS) is 22.9. The Bertz CT molecular complexity index is 590. The topological polar surface area (TPSA) is 80.7 Å². The Morgan fingerprint density at radius 2 is 2.12 bits per heavy atom. The van der Waals surface area contributed by atoms with Crippen LogP contribution in [-0.4, -0.2) is 30.7 Å². The number of fused-ring (bicyclic) bond motifs is 1. The first kappa shape index (κ1) is 11.9. The molecule has 0 aliphatic carbocycles. The molecule has 1 aromatic carbocycles. The van der Waals surface area contributed by atoms with E-state index in [2.05, 4.69) is 0 Å². The average molecular weight is 256 g/mol. The lowest BCUT2D eigenvalue weighted by atomic mass is 10.1. The molecule has 1 unspecified atom stereocenters. The van der Waals surface area contributed by atoms with Crippen LogP contribution in [-0.2, 0) is 16.3 Å². The van der Waals surface area contributed by atoms with Crippen molar-refractivity contribution in [2.24, 2.45) is 0 Å². The molecule has 0 saturated carbocycles. The molecule has 0 bridgehead atoms. The highest BCUT2D eigenvalue weighted by atomic mass is 32.2. The van der Waals surface area contributed by atoms with Gasteiger partial charge < -0.3 is 9.84 Å². The third-order valence-corrected chi connectivity index (χ3v) is 4.74. The first-order chi connectivity index (χ1) is 7.74. The minimum atomic E-state index is -3.43. The third kappa shape index (κ3) is 1.78. The fraction of sp³-hybridized carbons (Fsp3) is 0.364. The van der Waals surface area contributed by atoms with Gasteiger partial charge in [0.05, 0.1) is 0 Å². The molecule has 17 heavy (non-hydrogen) atoms. The molecular weight excluding hydrogens is 244 g/mol. The summed E-state index contributed by atoms with van der Waals surface area (Å²) in [6.07, 6.45) is 1.25. The lowest BCUT2D eigenvalue weighted by Crippen LogP contribution is -2.39. The summed E-state index contributed by atoms with van der Waals surface area (Å²) in [6, 6.07) is 4.66. The zero-order valence-corrected chi connectivity index (χ0v) is 10.2. The lowest BCUT2D eigenvalue weighted by Gasteiger charge is -2.21. The number of hydrogen-bond acceptors (Lipinski definition) is 4. The van der Waals surface area contributed by atoms with Crippen molar-refractivity contribution < 1.29 is 23.1 Å². The van der Waals surface area contributed by atoms with Crippen molar-refractivity contribution in [1.82, 2.24) is 0 Å². The van der Waals surface area contributed by atoms with Gasteiger partial charge >= 0.3 is 5.97 Å². The molecule has 1 heterocycles. The SMILES string of the molecule is CC1(S(C)(=O)=O)Cc2cccc(C(=O)O)c2O1. The molecule has 6 heteroatoms. The molecule has 92 valence electrons. The molecule has 0 spiro atoms. The maximum atomic E-state index is 11.6. The molecule has 2 rings (SSSR count). The largest absolute Gasteiger partial charge is 0.478 e. The summed E-state index contributed by atoms with van der Waals surface area (Å²) in [4.78, 5) is 9.62. The van der Waals surface area contributed by atoms with Crippen LogP contribution in [0.4, 0.5) is 0 Å². The highest BCUT2D eigenvalue weighted by Gasteiger charge is 2.45. The number of rotatable bonds is 2. The van der Waals surface area contributed by atoms with E-state index in [4.69, 9.17) is 9.84 Å². The Hall–Kier alpha value is -1.56. The van der Waals surface area contributed by atoms with Crippen LogP contribution in [0.3, 0.4) is 0 Å². The summed E-state index contributed by atoms with van der Waals surface area (Å²) in [5, 5.41) is 8.99. The summed E-state index contributed by atoms with van der Waals surface area (Å²) >= 11 is 0. The summed E-state index contributed by atoms with van der Waals surface area (Å²) in [5.74, 6) is -0.965. The zero-order valence-electron chi connectivity index (χ0n) is 9.43. The van der Waals surface area contributed by atoms with Gasteiger partial charge in [0.25, 0.3) is 0 Å². The molecule has 0 radical (unpaired) electrons. The standard InChI is InChI=1S/C11H12O5S/c1-11(17(2,14)15)6-7-4-3-5-8(10(12)13)9(7)16-11/h3-5H,6H2,1-2H3,(H,12,13). The van der Waals surface area contributed by atoms with E-state index < -0.39 is 20.7 Å². The summed E-state index contributed by atoms with van der Waals surface area (Å²) in [7, 11) is -3.43. The molecule has 0 saturated heterocycles. The first-order valence-electron chi connectivity index (χ1n) is 4.98. The van der Waals surface area contributed by atoms with E-state index in [0.717, 1.165) is 6.26 Å². The molecule has 0 aromatic heterocycles. The van der Waals surface area contributed by atoms with Crippen molar-refractivity contribution in [3.05, 3.63) is 29.3 Å². The van der Waals surface area contributed by atoms with E-state index >= 15 is 0 Å². The minimum absolute atomic E-state index is 0.00475. The van der Waals surface area contributed by atoms with Gasteiger partial charge in [-0.1, -0.05) is 12.1 Å². The van der Waals surface area contributed by atoms with Crippen LogP contribution in [0.1, 0.15) is 22.8 Å². The van der Waals surface area contributed by atoms with Gasteiger partial charge in [0, 0.05) is 18.2 Å². The number of benzene rings is 1. The van der Waals surface area contributed by atoms with Crippen molar-refractivity contribution in [2.75, 3.05) is 6.26 Å². The van der Waals surface area contributed by atoms with Crippen molar-refractivity contribution in [1.29, 1.82) is 0 Å². The number of carboxylic acid groups (broad SMARTS) is 1. The Kier molecular flexibility index (Phi) is 2.43. The Morgan fingerprint density at radius 3 is 2.65 bits per heavy atom. The van der Waals surface area contributed by atoms with E-state index in [9.17, 15) is 13.2 Å². The monoisotopic (exact) mass is 256 g/mol. The van der Waals surface area contributed by atoms with E-state index in [-0.39, 0.29) is 17.7 Å². The maximum Gasteiger partial charge on any atom is 0.339 e. The fourth-order valence-corrected chi connectivity index (χ4v) is 2.47. The highest BCUT2D eigenvalue weighted by molar-refractivity contribution is 7.91. The summed E-state index contributed by atoms with van der Waals surface area (Å²) < 4.78 is 28.6. The van der Waals surface area contributed by atoms with Gasteiger partial charge in [-0.2, -0.15) is 0 Å². The Labute approximate surface area is 98.9 Å². The number of hydrogen-bond donors (Lipinski definition) is 1. The second-order valence-corrected chi connectivity index (χ2v) is 6.69. The van der Waals surface area contributed by atoms with Gasteiger partial charge in [0.2, 0.25) is 4.93 Å². The van der Waals surface area contributed by atoms with Crippen LogP contribution in [0.15, 0.2) is 18.2 Å². The van der Waals surface area contributed by atoms with E-state index in [1.165, 1.54) is 13.0 Å². The van der Waals surface area contributed by atoms with Crippen molar-refractivity contribution in [2.45, 2.75) is 18.3 Å². The maximum absolute atomic E-state index is 11.6. The Morgan fingerprint density at radius 1 is 1.47 bits per heavy atom. The molecule has 1 N–H and O–H groups in total. The Balaban J connectivity index is 2.55. The number of sulfone groups is 1. The quantitative estimate of drug-likeness (QED) is 0.856. The van der Waals surface area contributed by atoms with Gasteiger partial charge in [-0.05, 0) is 13.0 Å². The van der Waals surface area contributed by atoms with Crippen LogP contribution in [0.5, 0.6) is 5.75 Å². The molecule has 5 nitrogen and oxygen atoms in total. The molecule has 0 amide bonds. The van der Waals surface area contributed by atoms with Gasteiger partial charge in [-0.15, -0.1) is 0 Å². The van der Waals surface area contributed by atoms with Crippen LogP contribution in [0.2, 0.25) is 0 Å². The summed E-state index contributed by atoms with van der Waals surface area (Å²) in [6.45, 7) is 1.45. The predicted molar refractivity (Wildman–Crippen MR) is 61.0 cm³/mol. The lowest BCUT2D eigenvalue weighted by molar-refractivity contribution is 0.0690. The van der Waals surface area contributed by atoms with Gasteiger partial charge in [-0.25, -0.2) is 13.2 Å². The van der Waals surface area contributed by atoms with Crippen LogP contribution >= 0.6 is 0 Å². The van der Waals surface area contributed by atoms with Crippen LogP contribution in [0.25, 0.3) is 0 Å². The van der Waals surface area contributed by atoms with Crippen molar-refractivity contribution in [3.63, 3.8) is 0 Å². The molecule has 1 aliphatic heterocycles. The number of carbonyl (C=O) groups is 1. The van der Waals surface area contributed by atoms with Crippen molar-refractivity contribution >= 4 is 15.8 Å². The number of carboxylic acids is 1. The van der Waals surface area contributed by atoms with Crippen molar-refractivity contribution in [3.8, 4) is 5.75 Å². The molecule has 1 aliphatic rings. The molecular formula is C11H12O5S. The number of aromatic carboxylic acids is 1. The first-order valence-corrected chi connectivity index (χ1v) is 6.87. The van der Waals surface area contributed by atoms with E-state index in [0.29, 0.717) is 5.56 Å². The number of ether oxygens (including phenoxy) is 1. The minimum Gasteiger partial charge on any atom is -0.478 e. The van der Waals surface area contributed by atoms with Crippen LogP contribution in [0, 0.1) is 0 Å². The molecule has 1 aromatic rings.